The van der Waals surface area contributed by atoms with Gasteiger partial charge in [-0.1, -0.05) is 6.92 Å². The molecule has 0 aromatic carbocycles. The first-order chi connectivity index (χ1) is 9.10. The van der Waals surface area contributed by atoms with Gasteiger partial charge in [-0.05, 0) is 42.6 Å². The van der Waals surface area contributed by atoms with Crippen molar-refractivity contribution in [3.63, 3.8) is 0 Å². The first kappa shape index (κ1) is 16.2. The average Bonchev–Trinajstić information content (AvgIpc) is 2.39. The van der Waals surface area contributed by atoms with Crippen molar-refractivity contribution in [3.8, 4) is 0 Å². The molecule has 1 aromatic rings. The summed E-state index contributed by atoms with van der Waals surface area (Å²) in [5, 5.41) is 12.2. The van der Waals surface area contributed by atoms with Crippen LogP contribution in [0.1, 0.15) is 33.6 Å². The van der Waals surface area contributed by atoms with Crippen molar-refractivity contribution in [1.82, 2.24) is 9.97 Å². The van der Waals surface area contributed by atoms with Crippen LogP contribution in [0.5, 0.6) is 0 Å². The van der Waals surface area contributed by atoms with E-state index in [1.165, 1.54) is 0 Å². The summed E-state index contributed by atoms with van der Waals surface area (Å²) in [6.45, 7) is 8.16. The van der Waals surface area contributed by atoms with E-state index in [-0.39, 0.29) is 6.61 Å². The fraction of sp³-hybridized carbons (Fsp3) is 0.692. The molecule has 108 valence electrons. The third kappa shape index (κ3) is 4.95. The van der Waals surface area contributed by atoms with Crippen LogP contribution in [0.15, 0.2) is 10.7 Å². The molecular weight excluding hydrogens is 308 g/mol. The minimum Gasteiger partial charge on any atom is -0.396 e. The van der Waals surface area contributed by atoms with Gasteiger partial charge in [0.25, 0.3) is 0 Å². The summed E-state index contributed by atoms with van der Waals surface area (Å²) < 4.78 is 0.876. The Morgan fingerprint density at radius 1 is 1.47 bits per heavy atom. The number of aromatic nitrogens is 2. The lowest BCUT2D eigenvalue weighted by Gasteiger charge is -2.28. The molecule has 1 rings (SSSR count). The minimum atomic E-state index is 0.187. The quantitative estimate of drug-likeness (QED) is 0.767. The predicted octanol–water partition coefficient (Wildman–Crippen LogP) is 2.66. The second-order valence-electron chi connectivity index (χ2n) is 4.66. The van der Waals surface area contributed by atoms with Crippen LogP contribution in [0.25, 0.3) is 0 Å². The summed E-state index contributed by atoms with van der Waals surface area (Å²) in [7, 11) is 0. The van der Waals surface area contributed by atoms with Gasteiger partial charge in [-0.2, -0.15) is 4.98 Å². The monoisotopic (exact) mass is 330 g/mol. The largest absolute Gasteiger partial charge is 0.396 e. The molecule has 0 aliphatic carbocycles. The lowest BCUT2D eigenvalue weighted by atomic mass is 10.3. The number of hydrogen-bond donors (Lipinski definition) is 2. The summed E-state index contributed by atoms with van der Waals surface area (Å²) in [6.07, 6.45) is 3.54. The fourth-order valence-electron chi connectivity index (χ4n) is 1.73. The van der Waals surface area contributed by atoms with E-state index < -0.39 is 0 Å². The van der Waals surface area contributed by atoms with Crippen molar-refractivity contribution in [2.75, 3.05) is 29.9 Å². The molecule has 0 saturated heterocycles. The van der Waals surface area contributed by atoms with E-state index in [0.717, 1.165) is 36.2 Å². The van der Waals surface area contributed by atoms with E-state index in [9.17, 15) is 0 Å². The van der Waals surface area contributed by atoms with Crippen molar-refractivity contribution >= 4 is 27.7 Å². The Hall–Kier alpha value is -0.880. The molecule has 0 unspecified atom stereocenters. The minimum absolute atomic E-state index is 0.187. The number of aliphatic hydroxyl groups excluding tert-OH is 1. The molecule has 0 aliphatic heterocycles. The van der Waals surface area contributed by atoms with E-state index in [1.54, 1.807) is 6.20 Å². The lowest BCUT2D eigenvalue weighted by molar-refractivity contribution is 0.288. The molecule has 2 N–H and O–H groups in total. The zero-order valence-electron chi connectivity index (χ0n) is 11.9. The van der Waals surface area contributed by atoms with Crippen LogP contribution < -0.4 is 10.2 Å². The molecule has 0 aliphatic rings. The molecule has 19 heavy (non-hydrogen) atoms. The van der Waals surface area contributed by atoms with Gasteiger partial charge in [0.15, 0.2) is 0 Å². The summed E-state index contributed by atoms with van der Waals surface area (Å²) in [4.78, 5) is 11.0. The standard InChI is InChI=1S/C13H23BrN4O/c1-4-6-15-13-16-9-11(14)12(17-13)18(10(2)3)7-5-8-19/h9-10,19H,4-8H2,1-3H3,(H,15,16,17). The maximum absolute atomic E-state index is 9.00. The van der Waals surface area contributed by atoms with Crippen LogP contribution in [-0.2, 0) is 0 Å². The van der Waals surface area contributed by atoms with E-state index in [2.05, 4.69) is 56.9 Å². The number of aliphatic hydroxyl groups is 1. The summed E-state index contributed by atoms with van der Waals surface area (Å²) in [6, 6.07) is 0.316. The van der Waals surface area contributed by atoms with Crippen molar-refractivity contribution in [1.29, 1.82) is 0 Å². The van der Waals surface area contributed by atoms with Crippen LogP contribution in [0, 0.1) is 0 Å². The highest BCUT2D eigenvalue weighted by atomic mass is 79.9. The van der Waals surface area contributed by atoms with Crippen LogP contribution in [0.4, 0.5) is 11.8 Å². The first-order valence-electron chi connectivity index (χ1n) is 6.74. The molecule has 1 heterocycles. The van der Waals surface area contributed by atoms with Gasteiger partial charge in [0.2, 0.25) is 5.95 Å². The van der Waals surface area contributed by atoms with Crippen molar-refractivity contribution in [2.45, 2.75) is 39.7 Å². The Labute approximate surface area is 123 Å². The fourth-order valence-corrected chi connectivity index (χ4v) is 2.15. The van der Waals surface area contributed by atoms with Gasteiger partial charge >= 0.3 is 0 Å². The Bertz CT molecular complexity index is 387. The van der Waals surface area contributed by atoms with Gasteiger partial charge in [-0.3, -0.25) is 0 Å². The normalized spacial score (nSPS) is 10.8. The topological polar surface area (TPSA) is 61.3 Å². The van der Waals surface area contributed by atoms with Crippen LogP contribution in [0.3, 0.4) is 0 Å². The molecule has 5 nitrogen and oxygen atoms in total. The smallest absolute Gasteiger partial charge is 0.224 e. The number of anilines is 2. The lowest BCUT2D eigenvalue weighted by Crippen LogP contribution is -2.33. The van der Waals surface area contributed by atoms with Crippen LogP contribution in [-0.4, -0.2) is 40.8 Å². The highest BCUT2D eigenvalue weighted by Crippen LogP contribution is 2.26. The molecule has 0 saturated carbocycles. The third-order valence-electron chi connectivity index (χ3n) is 2.71. The maximum atomic E-state index is 9.00. The zero-order valence-corrected chi connectivity index (χ0v) is 13.4. The molecular formula is C13H23BrN4O. The summed E-state index contributed by atoms with van der Waals surface area (Å²) >= 11 is 3.50. The second-order valence-corrected chi connectivity index (χ2v) is 5.51. The highest BCUT2D eigenvalue weighted by molar-refractivity contribution is 9.10. The highest BCUT2D eigenvalue weighted by Gasteiger charge is 2.16. The molecule has 0 bridgehead atoms. The van der Waals surface area contributed by atoms with E-state index in [4.69, 9.17) is 5.11 Å². The van der Waals surface area contributed by atoms with Crippen LogP contribution in [0.2, 0.25) is 0 Å². The van der Waals surface area contributed by atoms with Gasteiger partial charge in [-0.15, -0.1) is 0 Å². The molecule has 0 radical (unpaired) electrons. The molecule has 1 aromatic heterocycles. The van der Waals surface area contributed by atoms with Crippen LogP contribution >= 0.6 is 15.9 Å². The first-order valence-corrected chi connectivity index (χ1v) is 7.53. The summed E-state index contributed by atoms with van der Waals surface area (Å²) in [5.74, 6) is 1.52. The number of hydrogen-bond acceptors (Lipinski definition) is 5. The number of halogens is 1. The number of nitrogens with one attached hydrogen (secondary N) is 1. The van der Waals surface area contributed by atoms with Crippen molar-refractivity contribution in [2.24, 2.45) is 0 Å². The third-order valence-corrected chi connectivity index (χ3v) is 3.27. The summed E-state index contributed by atoms with van der Waals surface area (Å²) in [5.41, 5.74) is 0. The molecule has 0 atom stereocenters. The zero-order chi connectivity index (χ0) is 14.3. The second kappa shape index (κ2) is 8.32. The van der Waals surface area contributed by atoms with Gasteiger partial charge in [0, 0.05) is 31.9 Å². The van der Waals surface area contributed by atoms with E-state index in [0.29, 0.717) is 12.0 Å². The van der Waals surface area contributed by atoms with Gasteiger partial charge in [0.1, 0.15) is 5.82 Å². The molecule has 0 fully saturated rings. The average molecular weight is 331 g/mol. The molecule has 6 heteroatoms. The van der Waals surface area contributed by atoms with Gasteiger partial charge < -0.3 is 15.3 Å². The van der Waals surface area contributed by atoms with Crippen molar-refractivity contribution in [3.05, 3.63) is 10.7 Å². The number of rotatable bonds is 8. The Morgan fingerprint density at radius 3 is 2.79 bits per heavy atom. The predicted molar refractivity (Wildman–Crippen MR) is 82.7 cm³/mol. The number of nitrogens with zero attached hydrogens (tertiary/aromatic N) is 3. The molecule has 0 amide bonds. The van der Waals surface area contributed by atoms with E-state index in [1.807, 2.05) is 0 Å². The maximum Gasteiger partial charge on any atom is 0.224 e. The van der Waals surface area contributed by atoms with Gasteiger partial charge in [0.05, 0.1) is 4.47 Å². The Morgan fingerprint density at radius 2 is 2.21 bits per heavy atom. The SMILES string of the molecule is CCCNc1ncc(Br)c(N(CCCO)C(C)C)n1. The van der Waals surface area contributed by atoms with Crippen molar-refractivity contribution < 1.29 is 5.11 Å². The molecule has 0 spiro atoms. The Balaban J connectivity index is 2.93. The Kier molecular flexibility index (Phi) is 7.09. The van der Waals surface area contributed by atoms with Gasteiger partial charge in [-0.25, -0.2) is 4.98 Å². The van der Waals surface area contributed by atoms with E-state index >= 15 is 0 Å².